The molecular weight excluding hydrogens is 190 g/mol. The summed E-state index contributed by atoms with van der Waals surface area (Å²) in [4.78, 5) is 11.3. The van der Waals surface area contributed by atoms with Crippen molar-refractivity contribution in [1.82, 2.24) is 5.32 Å². The Hall–Kier alpha value is -0.580. The standard InChI is InChI=1S/C8H15NO3S/c1-2-4-9-8(10)7-3-5-13(11,12)6-7/h7H,2-6H2,1H3,(H,9,10). The lowest BCUT2D eigenvalue weighted by atomic mass is 10.1. The Morgan fingerprint density at radius 1 is 1.54 bits per heavy atom. The van der Waals surface area contributed by atoms with Gasteiger partial charge in [0.15, 0.2) is 9.84 Å². The molecule has 13 heavy (non-hydrogen) atoms. The van der Waals surface area contributed by atoms with Crippen molar-refractivity contribution in [3.63, 3.8) is 0 Å². The van der Waals surface area contributed by atoms with Gasteiger partial charge in [0, 0.05) is 6.54 Å². The second-order valence-corrected chi connectivity index (χ2v) is 5.62. The molecule has 1 unspecified atom stereocenters. The average molecular weight is 205 g/mol. The molecule has 1 rings (SSSR count). The molecule has 0 aromatic carbocycles. The third-order valence-corrected chi connectivity index (χ3v) is 3.92. The molecule has 1 heterocycles. The summed E-state index contributed by atoms with van der Waals surface area (Å²) in [7, 11) is -2.93. The van der Waals surface area contributed by atoms with Crippen LogP contribution in [0.2, 0.25) is 0 Å². The minimum Gasteiger partial charge on any atom is -0.356 e. The highest BCUT2D eigenvalue weighted by molar-refractivity contribution is 7.91. The van der Waals surface area contributed by atoms with E-state index < -0.39 is 9.84 Å². The van der Waals surface area contributed by atoms with E-state index in [0.29, 0.717) is 13.0 Å². The maximum absolute atomic E-state index is 11.3. The molecular formula is C8H15NO3S. The Bertz CT molecular complexity index is 284. The van der Waals surface area contributed by atoms with Crippen molar-refractivity contribution in [3.05, 3.63) is 0 Å². The Labute approximate surface area is 78.6 Å². The normalized spacial score (nSPS) is 25.8. The summed E-state index contributed by atoms with van der Waals surface area (Å²) in [6, 6.07) is 0. The number of amides is 1. The first kappa shape index (κ1) is 10.5. The fraction of sp³-hybridized carbons (Fsp3) is 0.875. The lowest BCUT2D eigenvalue weighted by Gasteiger charge is -2.07. The Kier molecular flexibility index (Phi) is 3.30. The molecule has 0 aromatic heterocycles. The maximum atomic E-state index is 11.3. The molecule has 1 saturated heterocycles. The average Bonchev–Trinajstić information content (AvgIpc) is 2.42. The fourth-order valence-electron chi connectivity index (χ4n) is 1.39. The van der Waals surface area contributed by atoms with Gasteiger partial charge in [-0.05, 0) is 12.8 Å². The molecule has 0 radical (unpaired) electrons. The van der Waals surface area contributed by atoms with Crippen LogP contribution in [0.25, 0.3) is 0 Å². The van der Waals surface area contributed by atoms with Crippen molar-refractivity contribution >= 4 is 15.7 Å². The van der Waals surface area contributed by atoms with Crippen LogP contribution in [0.4, 0.5) is 0 Å². The Morgan fingerprint density at radius 2 is 2.23 bits per heavy atom. The highest BCUT2D eigenvalue weighted by Crippen LogP contribution is 2.18. The van der Waals surface area contributed by atoms with Crippen molar-refractivity contribution < 1.29 is 13.2 Å². The second-order valence-electron chi connectivity index (χ2n) is 3.39. The van der Waals surface area contributed by atoms with Gasteiger partial charge in [0.25, 0.3) is 0 Å². The van der Waals surface area contributed by atoms with E-state index in [4.69, 9.17) is 0 Å². The van der Waals surface area contributed by atoms with Crippen molar-refractivity contribution in [2.24, 2.45) is 5.92 Å². The number of rotatable bonds is 3. The zero-order valence-electron chi connectivity index (χ0n) is 7.75. The van der Waals surface area contributed by atoms with Crippen molar-refractivity contribution in [3.8, 4) is 0 Å². The van der Waals surface area contributed by atoms with E-state index in [0.717, 1.165) is 6.42 Å². The van der Waals surface area contributed by atoms with Gasteiger partial charge in [-0.15, -0.1) is 0 Å². The van der Waals surface area contributed by atoms with Crippen molar-refractivity contribution in [1.29, 1.82) is 0 Å². The van der Waals surface area contributed by atoms with Gasteiger partial charge in [0.05, 0.1) is 17.4 Å². The molecule has 0 aromatic rings. The molecule has 5 heteroatoms. The molecule has 0 saturated carbocycles. The molecule has 4 nitrogen and oxygen atoms in total. The molecule has 0 aliphatic carbocycles. The summed E-state index contributed by atoms with van der Waals surface area (Å²) in [6.07, 6.45) is 1.36. The van der Waals surface area contributed by atoms with Gasteiger partial charge in [-0.25, -0.2) is 8.42 Å². The summed E-state index contributed by atoms with van der Waals surface area (Å²) in [6.45, 7) is 2.60. The monoisotopic (exact) mass is 205 g/mol. The topological polar surface area (TPSA) is 63.2 Å². The zero-order chi connectivity index (χ0) is 9.90. The number of nitrogens with one attached hydrogen (secondary N) is 1. The summed E-state index contributed by atoms with van der Waals surface area (Å²) in [5.74, 6) is -0.223. The van der Waals surface area contributed by atoms with Gasteiger partial charge in [-0.3, -0.25) is 4.79 Å². The molecule has 1 atom stereocenters. The Morgan fingerprint density at radius 3 is 2.69 bits per heavy atom. The van der Waals surface area contributed by atoms with E-state index >= 15 is 0 Å². The minimum absolute atomic E-state index is 0.0303. The molecule has 1 amide bonds. The summed E-state index contributed by atoms with van der Waals surface area (Å²) in [5, 5.41) is 2.71. The van der Waals surface area contributed by atoms with Gasteiger partial charge in [0.1, 0.15) is 0 Å². The van der Waals surface area contributed by atoms with E-state index in [2.05, 4.69) is 5.32 Å². The number of carbonyl (C=O) groups is 1. The smallest absolute Gasteiger partial charge is 0.224 e. The van der Waals surface area contributed by atoms with Crippen molar-refractivity contribution in [2.75, 3.05) is 18.1 Å². The maximum Gasteiger partial charge on any atom is 0.224 e. The highest BCUT2D eigenvalue weighted by atomic mass is 32.2. The fourth-order valence-corrected chi connectivity index (χ4v) is 3.14. The molecule has 0 bridgehead atoms. The lowest BCUT2D eigenvalue weighted by Crippen LogP contribution is -2.31. The van der Waals surface area contributed by atoms with Gasteiger partial charge < -0.3 is 5.32 Å². The van der Waals surface area contributed by atoms with Crippen molar-refractivity contribution in [2.45, 2.75) is 19.8 Å². The molecule has 76 valence electrons. The predicted octanol–water partition coefficient (Wildman–Crippen LogP) is -0.0527. The SMILES string of the molecule is CCCNC(=O)C1CCS(=O)(=O)C1. The largest absolute Gasteiger partial charge is 0.356 e. The third kappa shape index (κ3) is 2.99. The van der Waals surface area contributed by atoms with Gasteiger partial charge in [-0.2, -0.15) is 0 Å². The van der Waals surface area contributed by atoms with Crippen LogP contribution < -0.4 is 5.32 Å². The van der Waals surface area contributed by atoms with Gasteiger partial charge in [0.2, 0.25) is 5.91 Å². The van der Waals surface area contributed by atoms with Crippen LogP contribution >= 0.6 is 0 Å². The van der Waals surface area contributed by atoms with Gasteiger partial charge in [-0.1, -0.05) is 6.92 Å². The number of sulfone groups is 1. The summed E-state index contributed by atoms with van der Waals surface area (Å²) < 4.78 is 22.1. The van der Waals surface area contributed by atoms with Crippen LogP contribution in [0.3, 0.4) is 0 Å². The first-order valence-electron chi connectivity index (χ1n) is 4.53. The second kappa shape index (κ2) is 4.09. The third-order valence-electron chi connectivity index (χ3n) is 2.15. The van der Waals surface area contributed by atoms with Gasteiger partial charge >= 0.3 is 0 Å². The molecule has 1 N–H and O–H groups in total. The molecule has 0 spiro atoms. The summed E-state index contributed by atoms with van der Waals surface area (Å²) >= 11 is 0. The van der Waals surface area contributed by atoms with E-state index in [-0.39, 0.29) is 23.3 Å². The molecule has 1 fully saturated rings. The van der Waals surface area contributed by atoms with Crippen LogP contribution in [-0.2, 0) is 14.6 Å². The van der Waals surface area contributed by atoms with Crippen LogP contribution in [-0.4, -0.2) is 32.4 Å². The van der Waals surface area contributed by atoms with E-state index in [1.54, 1.807) is 0 Å². The van der Waals surface area contributed by atoms with Crippen LogP contribution in [0.1, 0.15) is 19.8 Å². The number of hydrogen-bond donors (Lipinski definition) is 1. The predicted molar refractivity (Wildman–Crippen MR) is 50.1 cm³/mol. The Balaban J connectivity index is 2.42. The number of hydrogen-bond acceptors (Lipinski definition) is 3. The first-order chi connectivity index (χ1) is 6.05. The van der Waals surface area contributed by atoms with Crippen LogP contribution in [0, 0.1) is 5.92 Å². The van der Waals surface area contributed by atoms with Crippen LogP contribution in [0.5, 0.6) is 0 Å². The zero-order valence-corrected chi connectivity index (χ0v) is 8.56. The van der Waals surface area contributed by atoms with E-state index in [1.165, 1.54) is 0 Å². The quantitative estimate of drug-likeness (QED) is 0.702. The minimum atomic E-state index is -2.93. The summed E-state index contributed by atoms with van der Waals surface area (Å²) in [5.41, 5.74) is 0. The highest BCUT2D eigenvalue weighted by Gasteiger charge is 2.32. The van der Waals surface area contributed by atoms with E-state index in [1.807, 2.05) is 6.92 Å². The molecule has 1 aliphatic heterocycles. The lowest BCUT2D eigenvalue weighted by molar-refractivity contribution is -0.124. The van der Waals surface area contributed by atoms with E-state index in [9.17, 15) is 13.2 Å². The number of carbonyl (C=O) groups excluding carboxylic acids is 1. The molecule has 1 aliphatic rings. The van der Waals surface area contributed by atoms with Crippen LogP contribution in [0.15, 0.2) is 0 Å². The first-order valence-corrected chi connectivity index (χ1v) is 6.35.